The van der Waals surface area contributed by atoms with E-state index in [4.69, 9.17) is 14.0 Å². The Balaban J connectivity index is 1.88. The molecule has 2 aromatic rings. The summed E-state index contributed by atoms with van der Waals surface area (Å²) >= 11 is 0. The molecule has 1 fully saturated rings. The van der Waals surface area contributed by atoms with Crippen LogP contribution in [0.2, 0.25) is 0 Å². The zero-order valence-electron chi connectivity index (χ0n) is 16.0. The zero-order chi connectivity index (χ0) is 20.3. The number of carbonyl (C=O) groups is 1. The number of methoxy groups -OCH3 is 1. The lowest BCUT2D eigenvalue weighted by molar-refractivity contribution is 0.0729. The van der Waals surface area contributed by atoms with Gasteiger partial charge in [0.2, 0.25) is 10.0 Å². The van der Waals surface area contributed by atoms with Gasteiger partial charge in [-0.25, -0.2) is 8.42 Å². The molecule has 1 aliphatic heterocycles. The molecule has 0 spiro atoms. The Morgan fingerprint density at radius 3 is 2.61 bits per heavy atom. The number of nitrogens with zero attached hydrogens (tertiary/aromatic N) is 3. The van der Waals surface area contributed by atoms with Crippen molar-refractivity contribution in [1.29, 1.82) is 0 Å². The summed E-state index contributed by atoms with van der Waals surface area (Å²) in [5.74, 6) is 0.513. The third-order valence-electron chi connectivity index (χ3n) is 4.42. The maximum absolute atomic E-state index is 13.0. The minimum Gasteiger partial charge on any atom is -0.495 e. The zero-order valence-corrected chi connectivity index (χ0v) is 16.9. The van der Waals surface area contributed by atoms with Gasteiger partial charge in [-0.3, -0.25) is 4.79 Å². The highest BCUT2D eigenvalue weighted by Gasteiger charge is 2.30. The SMILES string of the molecule is COc1ccc(C(=O)N(C)Cc2cc(C)on2)cc1S(=O)(=O)N1CCOCC1. The lowest BCUT2D eigenvalue weighted by atomic mass is 10.2. The lowest BCUT2D eigenvalue weighted by Crippen LogP contribution is -2.40. The fourth-order valence-corrected chi connectivity index (χ4v) is 4.55. The summed E-state index contributed by atoms with van der Waals surface area (Å²) < 4.78 is 42.9. The van der Waals surface area contributed by atoms with Crippen LogP contribution in [0.15, 0.2) is 33.7 Å². The molecule has 0 unspecified atom stereocenters. The average molecular weight is 409 g/mol. The molecule has 1 saturated heterocycles. The van der Waals surface area contributed by atoms with E-state index < -0.39 is 10.0 Å². The van der Waals surface area contributed by atoms with Gasteiger partial charge in [0.15, 0.2) is 0 Å². The Morgan fingerprint density at radius 1 is 1.29 bits per heavy atom. The minimum absolute atomic E-state index is 0.0339. The number of rotatable bonds is 6. The fourth-order valence-electron chi connectivity index (χ4n) is 2.97. The maximum Gasteiger partial charge on any atom is 0.253 e. The van der Waals surface area contributed by atoms with Crippen LogP contribution in [0.4, 0.5) is 0 Å². The summed E-state index contributed by atoms with van der Waals surface area (Å²) in [5.41, 5.74) is 0.860. The second-order valence-electron chi connectivity index (χ2n) is 6.47. The van der Waals surface area contributed by atoms with Crippen LogP contribution in [0, 0.1) is 6.92 Å². The number of hydrogen-bond acceptors (Lipinski definition) is 7. The van der Waals surface area contributed by atoms with Crippen molar-refractivity contribution in [3.63, 3.8) is 0 Å². The van der Waals surface area contributed by atoms with E-state index >= 15 is 0 Å². The molecule has 28 heavy (non-hydrogen) atoms. The number of aryl methyl sites for hydroxylation is 1. The lowest BCUT2D eigenvalue weighted by Gasteiger charge is -2.27. The number of carbonyl (C=O) groups excluding carboxylic acids is 1. The number of benzene rings is 1. The van der Waals surface area contributed by atoms with Gasteiger partial charge in [0, 0.05) is 31.8 Å². The molecular weight excluding hydrogens is 386 g/mol. The molecule has 1 aromatic carbocycles. The number of sulfonamides is 1. The van der Waals surface area contributed by atoms with Crippen LogP contribution in [0.1, 0.15) is 21.8 Å². The molecule has 2 heterocycles. The third kappa shape index (κ3) is 4.18. The first-order valence-corrected chi connectivity index (χ1v) is 10.2. The summed E-state index contributed by atoms with van der Waals surface area (Å²) in [6.07, 6.45) is 0. The van der Waals surface area contributed by atoms with E-state index in [0.29, 0.717) is 24.7 Å². The molecule has 0 radical (unpaired) electrons. The Kier molecular flexibility index (Phi) is 6.01. The fraction of sp³-hybridized carbons (Fsp3) is 0.444. The molecule has 0 aliphatic carbocycles. The second kappa shape index (κ2) is 8.29. The van der Waals surface area contributed by atoms with Gasteiger partial charge >= 0.3 is 0 Å². The number of hydrogen-bond donors (Lipinski definition) is 0. The first-order chi connectivity index (χ1) is 13.3. The summed E-state index contributed by atoms with van der Waals surface area (Å²) in [4.78, 5) is 14.2. The Hall–Kier alpha value is -2.43. The molecule has 9 nitrogen and oxygen atoms in total. The highest BCUT2D eigenvalue weighted by atomic mass is 32.2. The van der Waals surface area contributed by atoms with Crippen LogP contribution in [0.3, 0.4) is 0 Å². The Bertz CT molecular complexity index is 950. The number of ether oxygens (including phenoxy) is 2. The molecular formula is C18H23N3O6S. The van der Waals surface area contributed by atoms with Crippen LogP contribution >= 0.6 is 0 Å². The van der Waals surface area contributed by atoms with Crippen LogP contribution in [0.25, 0.3) is 0 Å². The van der Waals surface area contributed by atoms with E-state index in [1.165, 1.54) is 28.4 Å². The summed E-state index contributed by atoms with van der Waals surface area (Å²) in [6, 6.07) is 6.14. The summed E-state index contributed by atoms with van der Waals surface area (Å²) in [7, 11) is -0.797. The molecule has 0 saturated carbocycles. The maximum atomic E-state index is 13.0. The third-order valence-corrected chi connectivity index (χ3v) is 6.34. The van der Waals surface area contributed by atoms with Crippen LogP contribution in [0.5, 0.6) is 5.75 Å². The van der Waals surface area contributed by atoms with Crippen LogP contribution in [-0.4, -0.2) is 69.1 Å². The molecule has 1 amide bonds. The normalized spacial score (nSPS) is 15.4. The Labute approximate surface area is 163 Å². The van der Waals surface area contributed by atoms with Crippen molar-refractivity contribution in [2.75, 3.05) is 40.5 Å². The number of amides is 1. The topological polar surface area (TPSA) is 102 Å². The number of morpholine rings is 1. The van der Waals surface area contributed by atoms with Gasteiger partial charge < -0.3 is 18.9 Å². The van der Waals surface area contributed by atoms with Gasteiger partial charge in [0.25, 0.3) is 5.91 Å². The van der Waals surface area contributed by atoms with Crippen LogP contribution < -0.4 is 4.74 Å². The standard InChI is InChI=1S/C18H23N3O6S/c1-13-10-15(19-27-13)12-20(2)18(22)14-4-5-16(25-3)17(11-14)28(23,24)21-6-8-26-9-7-21/h4-5,10-11H,6-9,12H2,1-3H3. The van der Waals surface area contributed by atoms with Gasteiger partial charge in [0.1, 0.15) is 22.1 Å². The predicted octanol–water partition coefficient (Wildman–Crippen LogP) is 1.28. The van der Waals surface area contributed by atoms with Crippen molar-refractivity contribution in [3.05, 3.63) is 41.3 Å². The molecule has 0 atom stereocenters. The first kappa shape index (κ1) is 20.3. The van der Waals surface area contributed by atoms with Crippen molar-refractivity contribution in [2.24, 2.45) is 0 Å². The Morgan fingerprint density at radius 2 is 2.00 bits per heavy atom. The largest absolute Gasteiger partial charge is 0.495 e. The molecule has 1 aliphatic rings. The molecule has 0 N–H and O–H groups in total. The molecule has 152 valence electrons. The molecule has 0 bridgehead atoms. The average Bonchev–Trinajstić information content (AvgIpc) is 3.12. The molecule has 10 heteroatoms. The highest BCUT2D eigenvalue weighted by Crippen LogP contribution is 2.29. The van der Waals surface area contributed by atoms with Crippen molar-refractivity contribution in [1.82, 2.24) is 14.4 Å². The van der Waals surface area contributed by atoms with E-state index in [-0.39, 0.29) is 41.7 Å². The van der Waals surface area contributed by atoms with Gasteiger partial charge in [-0.1, -0.05) is 5.16 Å². The van der Waals surface area contributed by atoms with Crippen molar-refractivity contribution >= 4 is 15.9 Å². The number of aromatic nitrogens is 1. The van der Waals surface area contributed by atoms with Gasteiger partial charge in [-0.2, -0.15) is 4.31 Å². The van der Waals surface area contributed by atoms with Gasteiger partial charge in [0.05, 0.1) is 26.9 Å². The minimum atomic E-state index is -3.81. The molecule has 3 rings (SSSR count). The quantitative estimate of drug-likeness (QED) is 0.708. The van der Waals surface area contributed by atoms with Crippen molar-refractivity contribution in [2.45, 2.75) is 18.4 Å². The van der Waals surface area contributed by atoms with Gasteiger partial charge in [-0.05, 0) is 25.1 Å². The smallest absolute Gasteiger partial charge is 0.253 e. The van der Waals surface area contributed by atoms with Crippen molar-refractivity contribution in [3.8, 4) is 5.75 Å². The second-order valence-corrected chi connectivity index (χ2v) is 8.38. The van der Waals surface area contributed by atoms with E-state index in [9.17, 15) is 13.2 Å². The van der Waals surface area contributed by atoms with Crippen LogP contribution in [-0.2, 0) is 21.3 Å². The predicted molar refractivity (Wildman–Crippen MR) is 99.6 cm³/mol. The van der Waals surface area contributed by atoms with E-state index in [1.807, 2.05) is 0 Å². The molecule has 1 aromatic heterocycles. The van der Waals surface area contributed by atoms with Crippen molar-refractivity contribution < 1.29 is 27.2 Å². The van der Waals surface area contributed by atoms with E-state index in [2.05, 4.69) is 5.16 Å². The summed E-state index contributed by atoms with van der Waals surface area (Å²) in [5, 5.41) is 3.87. The van der Waals surface area contributed by atoms with Gasteiger partial charge in [-0.15, -0.1) is 0 Å². The van der Waals surface area contributed by atoms with E-state index in [1.54, 1.807) is 26.1 Å². The van der Waals surface area contributed by atoms with E-state index in [0.717, 1.165) is 0 Å². The monoisotopic (exact) mass is 409 g/mol. The summed E-state index contributed by atoms with van der Waals surface area (Å²) in [6.45, 7) is 3.20. The first-order valence-electron chi connectivity index (χ1n) is 8.76. The highest BCUT2D eigenvalue weighted by molar-refractivity contribution is 7.89.